The van der Waals surface area contributed by atoms with E-state index >= 15 is 0 Å². The second-order valence-electron chi connectivity index (χ2n) is 19.9. The summed E-state index contributed by atoms with van der Waals surface area (Å²) in [4.78, 5) is 38.1. The van der Waals surface area contributed by atoms with Crippen molar-refractivity contribution in [3.63, 3.8) is 0 Å². The van der Waals surface area contributed by atoms with Crippen LogP contribution in [0.1, 0.15) is 316 Å². The minimum Gasteiger partial charge on any atom is -0.462 e. The highest BCUT2D eigenvalue weighted by Crippen LogP contribution is 2.16. The minimum atomic E-state index is -0.779. The first-order chi connectivity index (χ1) is 33.0. The summed E-state index contributed by atoms with van der Waals surface area (Å²) in [5.41, 5.74) is 0. The van der Waals surface area contributed by atoms with Crippen LogP contribution in [0.4, 0.5) is 0 Å². The molecule has 6 nitrogen and oxygen atoms in total. The SMILES string of the molecule is CCCCCCC/C=C\CCCCCCCC(=O)OCC(COC(=O)CCCCCCCCCCC/C=C\CCCCCCCCCC)OC(=O)CCCCCCC/C=C\CCCCCCC. The normalized spacial score (nSPS) is 12.2. The number of hydrogen-bond donors (Lipinski definition) is 0. The van der Waals surface area contributed by atoms with Gasteiger partial charge in [-0.25, -0.2) is 0 Å². The summed E-state index contributed by atoms with van der Waals surface area (Å²) in [6.07, 6.45) is 67.1. The first kappa shape index (κ1) is 64.6. The van der Waals surface area contributed by atoms with Gasteiger partial charge in [0.05, 0.1) is 0 Å². The second-order valence-corrected chi connectivity index (χ2v) is 19.9. The zero-order valence-electron chi connectivity index (χ0n) is 44.9. The van der Waals surface area contributed by atoms with Crippen molar-refractivity contribution in [1.82, 2.24) is 0 Å². The van der Waals surface area contributed by atoms with Crippen LogP contribution in [0.15, 0.2) is 36.5 Å². The monoisotopic (exact) mass is 941 g/mol. The molecule has 392 valence electrons. The summed E-state index contributed by atoms with van der Waals surface area (Å²) in [6.45, 7) is 6.64. The van der Waals surface area contributed by atoms with E-state index in [0.29, 0.717) is 19.3 Å². The molecule has 0 aromatic heterocycles. The van der Waals surface area contributed by atoms with E-state index in [1.54, 1.807) is 0 Å². The fourth-order valence-corrected chi connectivity index (χ4v) is 8.60. The maximum Gasteiger partial charge on any atom is 0.306 e. The van der Waals surface area contributed by atoms with Gasteiger partial charge >= 0.3 is 17.9 Å². The maximum absolute atomic E-state index is 12.8. The highest BCUT2D eigenvalue weighted by atomic mass is 16.6. The largest absolute Gasteiger partial charge is 0.462 e. The molecule has 0 rings (SSSR count). The Bertz CT molecular complexity index is 1130. The molecule has 0 spiro atoms. The number of ether oxygens (including phenoxy) is 3. The quantitative estimate of drug-likeness (QED) is 0.0262. The van der Waals surface area contributed by atoms with Crippen LogP contribution in [0.5, 0.6) is 0 Å². The number of carbonyl (C=O) groups is 3. The molecule has 1 unspecified atom stereocenters. The summed E-state index contributed by atoms with van der Waals surface area (Å²) in [7, 11) is 0. The molecule has 0 heterocycles. The van der Waals surface area contributed by atoms with E-state index < -0.39 is 6.10 Å². The Hall–Kier alpha value is -2.37. The Morgan fingerprint density at radius 3 is 0.746 bits per heavy atom. The standard InChI is InChI=1S/C61H112O6/c1-4-7-10-13-16-19-22-25-28-29-30-31-32-33-34-37-39-42-45-48-51-54-60(63)66-57-58(67-61(64)55-52-49-46-43-40-36-27-24-21-18-15-12-9-6-3)56-65-59(62)53-50-47-44-41-38-35-26-23-20-17-14-11-8-5-2/h23-24,26-27,29-30,58H,4-22,25,28,31-57H2,1-3H3/b26-23-,27-24-,30-29-. The Morgan fingerprint density at radius 2 is 0.493 bits per heavy atom. The van der Waals surface area contributed by atoms with Crippen molar-refractivity contribution < 1.29 is 28.6 Å². The lowest BCUT2D eigenvalue weighted by Gasteiger charge is -2.18. The van der Waals surface area contributed by atoms with Crippen molar-refractivity contribution >= 4 is 17.9 Å². The number of unbranched alkanes of at least 4 members (excludes halogenated alkanes) is 37. The molecule has 0 saturated heterocycles. The van der Waals surface area contributed by atoms with E-state index in [1.807, 2.05) is 0 Å². The van der Waals surface area contributed by atoms with E-state index in [4.69, 9.17) is 14.2 Å². The number of hydrogen-bond acceptors (Lipinski definition) is 6. The average Bonchev–Trinajstić information content (AvgIpc) is 3.33. The third-order valence-corrected chi connectivity index (χ3v) is 13.1. The van der Waals surface area contributed by atoms with Gasteiger partial charge in [0.1, 0.15) is 13.2 Å². The van der Waals surface area contributed by atoms with Gasteiger partial charge in [-0.05, 0) is 96.3 Å². The summed E-state index contributed by atoms with van der Waals surface area (Å²) in [6, 6.07) is 0. The molecular formula is C61H112O6. The Morgan fingerprint density at radius 1 is 0.284 bits per heavy atom. The van der Waals surface area contributed by atoms with Crippen molar-refractivity contribution in [2.75, 3.05) is 13.2 Å². The summed E-state index contributed by atoms with van der Waals surface area (Å²) >= 11 is 0. The third kappa shape index (κ3) is 54.4. The van der Waals surface area contributed by atoms with Crippen LogP contribution in [-0.2, 0) is 28.6 Å². The van der Waals surface area contributed by atoms with Gasteiger partial charge < -0.3 is 14.2 Å². The fraction of sp³-hybridized carbons (Fsp3) is 0.852. The van der Waals surface area contributed by atoms with Gasteiger partial charge in [0.15, 0.2) is 6.10 Å². The van der Waals surface area contributed by atoms with Gasteiger partial charge in [-0.15, -0.1) is 0 Å². The predicted molar refractivity (Wildman–Crippen MR) is 289 cm³/mol. The van der Waals surface area contributed by atoms with Crippen LogP contribution in [0.3, 0.4) is 0 Å². The van der Waals surface area contributed by atoms with E-state index in [0.717, 1.165) is 70.6 Å². The van der Waals surface area contributed by atoms with Crippen LogP contribution < -0.4 is 0 Å². The Labute approximate surface area is 416 Å². The van der Waals surface area contributed by atoms with Gasteiger partial charge in [0.2, 0.25) is 0 Å². The molecule has 0 aliphatic rings. The van der Waals surface area contributed by atoms with Crippen molar-refractivity contribution in [3.05, 3.63) is 36.5 Å². The number of carbonyl (C=O) groups excluding carboxylic acids is 3. The zero-order chi connectivity index (χ0) is 48.6. The van der Waals surface area contributed by atoms with Gasteiger partial charge in [0, 0.05) is 19.3 Å². The number of allylic oxidation sites excluding steroid dienone is 6. The molecule has 0 fully saturated rings. The molecule has 6 heteroatoms. The van der Waals surface area contributed by atoms with Crippen LogP contribution in [0, 0.1) is 0 Å². The number of rotatable bonds is 54. The van der Waals surface area contributed by atoms with Crippen molar-refractivity contribution in [3.8, 4) is 0 Å². The highest BCUT2D eigenvalue weighted by Gasteiger charge is 2.19. The number of esters is 3. The maximum atomic E-state index is 12.8. The summed E-state index contributed by atoms with van der Waals surface area (Å²) < 4.78 is 16.9. The lowest BCUT2D eigenvalue weighted by molar-refractivity contribution is -0.167. The molecule has 67 heavy (non-hydrogen) atoms. The first-order valence-electron chi connectivity index (χ1n) is 29.5. The van der Waals surface area contributed by atoms with Crippen molar-refractivity contribution in [2.45, 2.75) is 322 Å². The van der Waals surface area contributed by atoms with Crippen molar-refractivity contribution in [2.24, 2.45) is 0 Å². The van der Waals surface area contributed by atoms with Crippen LogP contribution in [0.25, 0.3) is 0 Å². The molecular weight excluding hydrogens is 829 g/mol. The van der Waals surface area contributed by atoms with Crippen LogP contribution >= 0.6 is 0 Å². The third-order valence-electron chi connectivity index (χ3n) is 13.1. The Balaban J connectivity index is 4.31. The van der Waals surface area contributed by atoms with Gasteiger partial charge in [0.25, 0.3) is 0 Å². The summed E-state index contributed by atoms with van der Waals surface area (Å²) in [5.74, 6) is -0.881. The first-order valence-corrected chi connectivity index (χ1v) is 29.5. The van der Waals surface area contributed by atoms with E-state index in [9.17, 15) is 14.4 Å². The molecule has 0 saturated carbocycles. The lowest BCUT2D eigenvalue weighted by Crippen LogP contribution is -2.30. The van der Waals surface area contributed by atoms with Gasteiger partial charge in [-0.1, -0.05) is 237 Å². The molecule has 0 amide bonds. The molecule has 0 N–H and O–H groups in total. The molecule has 0 radical (unpaired) electrons. The molecule has 0 aromatic rings. The zero-order valence-corrected chi connectivity index (χ0v) is 44.9. The lowest BCUT2D eigenvalue weighted by atomic mass is 10.1. The second kappa shape index (κ2) is 56.2. The van der Waals surface area contributed by atoms with Crippen molar-refractivity contribution in [1.29, 1.82) is 0 Å². The van der Waals surface area contributed by atoms with E-state index in [1.165, 1.54) is 205 Å². The summed E-state index contributed by atoms with van der Waals surface area (Å²) in [5, 5.41) is 0. The molecule has 0 aliphatic heterocycles. The van der Waals surface area contributed by atoms with Crippen LogP contribution in [0.2, 0.25) is 0 Å². The van der Waals surface area contributed by atoms with E-state index in [2.05, 4.69) is 57.2 Å². The van der Waals surface area contributed by atoms with E-state index in [-0.39, 0.29) is 31.1 Å². The Kier molecular flexibility index (Phi) is 54.2. The highest BCUT2D eigenvalue weighted by molar-refractivity contribution is 5.71. The molecule has 0 bridgehead atoms. The fourth-order valence-electron chi connectivity index (χ4n) is 8.60. The average molecular weight is 942 g/mol. The van der Waals surface area contributed by atoms with Gasteiger partial charge in [-0.2, -0.15) is 0 Å². The topological polar surface area (TPSA) is 78.9 Å². The van der Waals surface area contributed by atoms with Crippen LogP contribution in [-0.4, -0.2) is 37.2 Å². The van der Waals surface area contributed by atoms with Gasteiger partial charge in [-0.3, -0.25) is 14.4 Å². The minimum absolute atomic E-state index is 0.0769. The molecule has 0 aromatic carbocycles. The smallest absolute Gasteiger partial charge is 0.306 e. The molecule has 0 aliphatic carbocycles. The predicted octanol–water partition coefficient (Wildman–Crippen LogP) is 19.7. The molecule has 1 atom stereocenters.